The summed E-state index contributed by atoms with van der Waals surface area (Å²) in [5.41, 5.74) is 0.894. The summed E-state index contributed by atoms with van der Waals surface area (Å²) in [6.07, 6.45) is 2.81. The maximum Gasteiger partial charge on any atom is 0.335 e. The maximum absolute atomic E-state index is 12.9. The monoisotopic (exact) mass is 421 g/mol. The van der Waals surface area contributed by atoms with E-state index < -0.39 is 17.8 Å². The van der Waals surface area contributed by atoms with E-state index in [1.165, 1.54) is 36.5 Å². The Bertz CT molecular complexity index is 1130. The number of nitrogens with one attached hydrogen (secondary N) is 2. The number of carboxylic acids is 1. The minimum Gasteiger partial charge on any atom is -0.478 e. The van der Waals surface area contributed by atoms with Crippen molar-refractivity contribution in [2.24, 2.45) is 0 Å². The van der Waals surface area contributed by atoms with Gasteiger partial charge in [0.2, 0.25) is 0 Å². The van der Waals surface area contributed by atoms with Crippen LogP contribution in [0.4, 0.5) is 11.4 Å². The third-order valence-electron chi connectivity index (χ3n) is 3.98. The van der Waals surface area contributed by atoms with Crippen LogP contribution in [-0.2, 0) is 9.59 Å². The molecule has 0 aliphatic carbocycles. The normalized spacial score (nSPS) is 10.9. The van der Waals surface area contributed by atoms with Gasteiger partial charge >= 0.3 is 5.97 Å². The molecule has 30 heavy (non-hydrogen) atoms. The van der Waals surface area contributed by atoms with E-state index in [-0.39, 0.29) is 22.0 Å². The SMILES string of the molecule is O=C(Nc1ccccc1)C(=Cc1cccnc1Cl)C(=O)Nc1cccc(C(=O)O)c1. The quantitative estimate of drug-likeness (QED) is 0.240. The van der Waals surface area contributed by atoms with Gasteiger partial charge in [-0.1, -0.05) is 41.9 Å². The van der Waals surface area contributed by atoms with Crippen molar-refractivity contribution in [3.63, 3.8) is 0 Å². The van der Waals surface area contributed by atoms with Crippen molar-refractivity contribution >= 4 is 46.8 Å². The molecule has 1 heterocycles. The Hall–Kier alpha value is -3.97. The largest absolute Gasteiger partial charge is 0.478 e. The molecule has 2 aromatic carbocycles. The van der Waals surface area contributed by atoms with Gasteiger partial charge in [0, 0.05) is 23.1 Å². The third-order valence-corrected chi connectivity index (χ3v) is 4.29. The molecular weight excluding hydrogens is 406 g/mol. The lowest BCUT2D eigenvalue weighted by Gasteiger charge is -2.11. The van der Waals surface area contributed by atoms with Crippen LogP contribution in [0.5, 0.6) is 0 Å². The zero-order chi connectivity index (χ0) is 21.5. The van der Waals surface area contributed by atoms with E-state index in [9.17, 15) is 14.4 Å². The molecule has 8 heteroatoms. The minimum absolute atomic E-state index is 0.00219. The van der Waals surface area contributed by atoms with Crippen molar-refractivity contribution in [3.05, 3.63) is 94.8 Å². The molecule has 2 amide bonds. The highest BCUT2D eigenvalue weighted by atomic mass is 35.5. The number of hydrogen-bond acceptors (Lipinski definition) is 4. The summed E-state index contributed by atoms with van der Waals surface area (Å²) < 4.78 is 0. The fourth-order valence-electron chi connectivity index (χ4n) is 2.54. The number of para-hydroxylation sites is 1. The van der Waals surface area contributed by atoms with E-state index in [1.54, 1.807) is 42.5 Å². The molecule has 0 fully saturated rings. The fraction of sp³-hybridized carbons (Fsp3) is 0. The van der Waals surface area contributed by atoms with Crippen LogP contribution < -0.4 is 10.6 Å². The molecule has 0 atom stereocenters. The minimum atomic E-state index is -1.13. The van der Waals surface area contributed by atoms with Gasteiger partial charge in [-0.25, -0.2) is 9.78 Å². The molecule has 0 unspecified atom stereocenters. The van der Waals surface area contributed by atoms with Gasteiger partial charge in [0.1, 0.15) is 10.7 Å². The number of nitrogens with zero attached hydrogens (tertiary/aromatic N) is 1. The molecule has 0 aliphatic rings. The number of benzene rings is 2. The standard InChI is InChI=1S/C22H16ClN3O4/c23-19-14(7-5-11-24-19)13-18(20(27)25-16-8-2-1-3-9-16)21(28)26-17-10-4-6-15(12-17)22(29)30/h1-13H,(H,25,27)(H,26,28)(H,29,30). The van der Waals surface area contributed by atoms with Gasteiger partial charge in [0.05, 0.1) is 5.56 Å². The second-order valence-corrected chi connectivity index (χ2v) is 6.46. The zero-order valence-corrected chi connectivity index (χ0v) is 16.3. The summed E-state index contributed by atoms with van der Waals surface area (Å²) >= 11 is 6.07. The molecule has 3 aromatic rings. The number of amides is 2. The van der Waals surface area contributed by atoms with Crippen LogP contribution in [0.15, 0.2) is 78.5 Å². The summed E-state index contributed by atoms with van der Waals surface area (Å²) in [7, 11) is 0. The summed E-state index contributed by atoms with van der Waals surface area (Å²) in [6.45, 7) is 0. The van der Waals surface area contributed by atoms with Crippen molar-refractivity contribution in [3.8, 4) is 0 Å². The van der Waals surface area contributed by atoms with Crippen molar-refractivity contribution in [1.82, 2.24) is 4.98 Å². The Labute approximate surface area is 177 Å². The average molecular weight is 422 g/mol. The molecule has 1 aromatic heterocycles. The maximum atomic E-state index is 12.9. The number of carboxylic acid groups (broad SMARTS) is 1. The number of rotatable bonds is 6. The van der Waals surface area contributed by atoms with Crippen molar-refractivity contribution < 1.29 is 19.5 Å². The topological polar surface area (TPSA) is 108 Å². The second-order valence-electron chi connectivity index (χ2n) is 6.10. The molecule has 0 spiro atoms. The predicted octanol–water partition coefficient (Wildman–Crippen LogP) is 4.09. The van der Waals surface area contributed by atoms with Crippen LogP contribution in [0.25, 0.3) is 6.08 Å². The molecule has 0 bridgehead atoms. The van der Waals surface area contributed by atoms with Crippen LogP contribution in [0.3, 0.4) is 0 Å². The lowest BCUT2D eigenvalue weighted by molar-refractivity contribution is -0.118. The van der Waals surface area contributed by atoms with Crippen LogP contribution in [-0.4, -0.2) is 27.9 Å². The summed E-state index contributed by atoms with van der Waals surface area (Å²) in [4.78, 5) is 40.8. The number of anilines is 2. The Balaban J connectivity index is 1.93. The first-order valence-electron chi connectivity index (χ1n) is 8.77. The first-order valence-corrected chi connectivity index (χ1v) is 9.15. The number of carbonyl (C=O) groups is 3. The predicted molar refractivity (Wildman–Crippen MR) is 114 cm³/mol. The van der Waals surface area contributed by atoms with E-state index in [0.29, 0.717) is 11.3 Å². The molecule has 0 saturated heterocycles. The van der Waals surface area contributed by atoms with E-state index in [4.69, 9.17) is 16.7 Å². The number of halogens is 1. The van der Waals surface area contributed by atoms with E-state index >= 15 is 0 Å². The summed E-state index contributed by atoms with van der Waals surface area (Å²) in [5, 5.41) is 14.4. The van der Waals surface area contributed by atoms with Gasteiger partial charge in [-0.3, -0.25) is 9.59 Å². The van der Waals surface area contributed by atoms with Crippen molar-refractivity contribution in [1.29, 1.82) is 0 Å². The van der Waals surface area contributed by atoms with Gasteiger partial charge in [-0.15, -0.1) is 0 Å². The van der Waals surface area contributed by atoms with Crippen LogP contribution in [0, 0.1) is 0 Å². The Kier molecular flexibility index (Phi) is 6.56. The van der Waals surface area contributed by atoms with E-state index in [1.807, 2.05) is 0 Å². The van der Waals surface area contributed by atoms with Crippen LogP contribution in [0.1, 0.15) is 15.9 Å². The van der Waals surface area contributed by atoms with Gasteiger partial charge in [0.25, 0.3) is 11.8 Å². The number of carbonyl (C=O) groups excluding carboxylic acids is 2. The smallest absolute Gasteiger partial charge is 0.335 e. The van der Waals surface area contributed by atoms with E-state index in [0.717, 1.165) is 0 Å². The van der Waals surface area contributed by atoms with Gasteiger partial charge in [-0.05, 0) is 42.5 Å². The average Bonchev–Trinajstić information content (AvgIpc) is 2.74. The molecule has 0 saturated carbocycles. The Morgan fingerprint density at radius 2 is 1.53 bits per heavy atom. The van der Waals surface area contributed by atoms with Crippen molar-refractivity contribution in [2.75, 3.05) is 10.6 Å². The molecule has 3 rings (SSSR count). The highest BCUT2D eigenvalue weighted by Gasteiger charge is 2.20. The highest BCUT2D eigenvalue weighted by molar-refractivity contribution is 6.32. The van der Waals surface area contributed by atoms with Crippen LogP contribution in [0.2, 0.25) is 5.15 Å². The number of pyridine rings is 1. The molecule has 150 valence electrons. The highest BCUT2D eigenvalue weighted by Crippen LogP contribution is 2.19. The molecule has 3 N–H and O–H groups in total. The molecule has 7 nitrogen and oxygen atoms in total. The first-order chi connectivity index (χ1) is 14.4. The van der Waals surface area contributed by atoms with Gasteiger partial charge < -0.3 is 15.7 Å². The Morgan fingerprint density at radius 1 is 0.867 bits per heavy atom. The molecular formula is C22H16ClN3O4. The summed E-state index contributed by atoms with van der Waals surface area (Å²) in [5.74, 6) is -2.52. The van der Waals surface area contributed by atoms with Crippen molar-refractivity contribution in [2.45, 2.75) is 0 Å². The lowest BCUT2D eigenvalue weighted by Crippen LogP contribution is -2.25. The van der Waals surface area contributed by atoms with Crippen LogP contribution >= 0.6 is 11.6 Å². The number of aromatic nitrogens is 1. The Morgan fingerprint density at radius 3 is 2.20 bits per heavy atom. The summed E-state index contributed by atoms with van der Waals surface area (Å²) in [6, 6.07) is 17.6. The van der Waals surface area contributed by atoms with E-state index in [2.05, 4.69) is 15.6 Å². The van der Waals surface area contributed by atoms with Gasteiger partial charge in [-0.2, -0.15) is 0 Å². The zero-order valence-electron chi connectivity index (χ0n) is 15.5. The fourth-order valence-corrected chi connectivity index (χ4v) is 2.72. The molecule has 0 aliphatic heterocycles. The molecule has 0 radical (unpaired) electrons. The third kappa shape index (κ3) is 5.30. The number of aromatic carboxylic acids is 1. The van der Waals surface area contributed by atoms with Gasteiger partial charge in [0.15, 0.2) is 0 Å². The second kappa shape index (κ2) is 9.49. The first kappa shape index (κ1) is 20.8. The number of hydrogen-bond donors (Lipinski definition) is 3. The lowest BCUT2D eigenvalue weighted by atomic mass is 10.1.